The summed E-state index contributed by atoms with van der Waals surface area (Å²) in [5.74, 6) is 0.615. The van der Waals surface area contributed by atoms with Gasteiger partial charge in [-0.25, -0.2) is 4.79 Å². The van der Waals surface area contributed by atoms with E-state index in [9.17, 15) is 4.79 Å². The summed E-state index contributed by atoms with van der Waals surface area (Å²) in [5, 5.41) is 19.7. The largest absolute Gasteiger partial charge is 0.351 e. The van der Waals surface area contributed by atoms with Gasteiger partial charge in [0.2, 0.25) is 0 Å². The second-order valence-electron chi connectivity index (χ2n) is 4.49. The Balaban J connectivity index is 1.98. The van der Waals surface area contributed by atoms with Gasteiger partial charge in [0.25, 0.3) is 0 Å². The van der Waals surface area contributed by atoms with Crippen LogP contribution in [0.1, 0.15) is 37.3 Å². The standard InChI is InChI=1S/C12H17N7O/c1-7(14-8(2)11-16-18-19-17-11)9-3-5-10(6-4-9)15-12(13)20/h3-8,14H,1-2H3,(H3,13,15,20)(H,16,17,18,19). The lowest BCUT2D eigenvalue weighted by molar-refractivity contribution is 0.259. The summed E-state index contributed by atoms with van der Waals surface area (Å²) in [7, 11) is 0. The quantitative estimate of drug-likeness (QED) is 0.651. The molecule has 0 spiro atoms. The minimum atomic E-state index is -0.574. The molecule has 2 atom stereocenters. The number of nitrogens with two attached hydrogens (primary N) is 1. The van der Waals surface area contributed by atoms with Gasteiger partial charge in [-0.05, 0) is 31.5 Å². The highest BCUT2D eigenvalue weighted by Crippen LogP contribution is 2.19. The molecule has 0 aliphatic heterocycles. The first-order valence-electron chi connectivity index (χ1n) is 6.22. The molecule has 8 nitrogen and oxygen atoms in total. The van der Waals surface area contributed by atoms with Crippen LogP contribution in [0.15, 0.2) is 24.3 Å². The number of benzene rings is 1. The number of hydrogen-bond acceptors (Lipinski definition) is 5. The van der Waals surface area contributed by atoms with Crippen LogP contribution in [0.25, 0.3) is 0 Å². The lowest BCUT2D eigenvalue weighted by Crippen LogP contribution is -2.23. The van der Waals surface area contributed by atoms with Crippen LogP contribution in [0.2, 0.25) is 0 Å². The Morgan fingerprint density at radius 2 is 1.95 bits per heavy atom. The van der Waals surface area contributed by atoms with Crippen LogP contribution in [0.5, 0.6) is 0 Å². The maximum absolute atomic E-state index is 10.7. The summed E-state index contributed by atoms with van der Waals surface area (Å²) >= 11 is 0. The van der Waals surface area contributed by atoms with Gasteiger partial charge in [-0.1, -0.05) is 17.3 Å². The fraction of sp³-hybridized carbons (Fsp3) is 0.333. The summed E-state index contributed by atoms with van der Waals surface area (Å²) in [6.07, 6.45) is 0. The molecule has 5 N–H and O–H groups in total. The Morgan fingerprint density at radius 3 is 2.50 bits per heavy atom. The highest BCUT2D eigenvalue weighted by atomic mass is 16.2. The van der Waals surface area contributed by atoms with Crippen molar-refractivity contribution in [2.75, 3.05) is 5.32 Å². The van der Waals surface area contributed by atoms with Crippen LogP contribution in [-0.2, 0) is 0 Å². The number of rotatable bonds is 5. The second kappa shape index (κ2) is 6.11. The monoisotopic (exact) mass is 275 g/mol. The SMILES string of the molecule is CC(NC(C)c1nn[nH]n1)c1ccc(NC(N)=O)cc1. The normalized spacial score (nSPS) is 13.7. The van der Waals surface area contributed by atoms with E-state index in [0.29, 0.717) is 11.5 Å². The summed E-state index contributed by atoms with van der Waals surface area (Å²) in [6.45, 7) is 4.00. The van der Waals surface area contributed by atoms with E-state index < -0.39 is 6.03 Å². The van der Waals surface area contributed by atoms with Gasteiger partial charge < -0.3 is 16.4 Å². The van der Waals surface area contributed by atoms with Crippen molar-refractivity contribution >= 4 is 11.7 Å². The summed E-state index contributed by atoms with van der Waals surface area (Å²) in [5.41, 5.74) is 6.80. The Morgan fingerprint density at radius 1 is 1.25 bits per heavy atom. The van der Waals surface area contributed by atoms with Gasteiger partial charge in [0.05, 0.1) is 6.04 Å². The molecule has 0 aliphatic carbocycles. The van der Waals surface area contributed by atoms with Crippen LogP contribution >= 0.6 is 0 Å². The molecule has 0 fully saturated rings. The molecule has 1 aromatic carbocycles. The number of aromatic amines is 1. The molecular formula is C12H17N7O. The highest BCUT2D eigenvalue weighted by molar-refractivity contribution is 5.87. The third-order valence-electron chi connectivity index (χ3n) is 2.93. The van der Waals surface area contributed by atoms with E-state index >= 15 is 0 Å². The number of hydrogen-bond donors (Lipinski definition) is 4. The van der Waals surface area contributed by atoms with E-state index in [0.717, 1.165) is 5.56 Å². The van der Waals surface area contributed by atoms with E-state index in [1.165, 1.54) is 0 Å². The number of anilines is 1. The third kappa shape index (κ3) is 3.51. The number of tetrazole rings is 1. The topological polar surface area (TPSA) is 122 Å². The maximum atomic E-state index is 10.7. The second-order valence-corrected chi connectivity index (χ2v) is 4.49. The zero-order valence-corrected chi connectivity index (χ0v) is 11.3. The number of urea groups is 1. The molecule has 1 aromatic heterocycles. The molecule has 0 radical (unpaired) electrons. The van der Waals surface area contributed by atoms with Gasteiger partial charge in [-0.3, -0.25) is 0 Å². The Kier molecular flexibility index (Phi) is 4.26. The number of H-pyrrole nitrogens is 1. The van der Waals surface area contributed by atoms with Gasteiger partial charge in [0, 0.05) is 11.7 Å². The molecule has 0 saturated heterocycles. The van der Waals surface area contributed by atoms with Crippen LogP contribution in [0.3, 0.4) is 0 Å². The molecule has 2 rings (SSSR count). The van der Waals surface area contributed by atoms with E-state index in [1.54, 1.807) is 12.1 Å². The molecule has 20 heavy (non-hydrogen) atoms. The Bertz CT molecular complexity index is 552. The zero-order valence-electron chi connectivity index (χ0n) is 11.3. The number of carbonyl (C=O) groups is 1. The average Bonchev–Trinajstić information content (AvgIpc) is 2.92. The summed E-state index contributed by atoms with van der Waals surface area (Å²) in [4.78, 5) is 10.7. The molecule has 0 aliphatic rings. The number of amides is 2. The molecule has 1 heterocycles. The van der Waals surface area contributed by atoms with Gasteiger partial charge >= 0.3 is 6.03 Å². The zero-order chi connectivity index (χ0) is 14.5. The van der Waals surface area contributed by atoms with Crippen molar-refractivity contribution in [2.45, 2.75) is 25.9 Å². The van der Waals surface area contributed by atoms with Gasteiger partial charge in [0.15, 0.2) is 5.82 Å². The van der Waals surface area contributed by atoms with Crippen LogP contribution in [-0.4, -0.2) is 26.7 Å². The minimum Gasteiger partial charge on any atom is -0.351 e. The van der Waals surface area contributed by atoms with Crippen molar-refractivity contribution < 1.29 is 4.79 Å². The van der Waals surface area contributed by atoms with E-state index in [2.05, 4.69) is 31.3 Å². The molecule has 0 saturated carbocycles. The van der Waals surface area contributed by atoms with Crippen molar-refractivity contribution in [1.29, 1.82) is 0 Å². The van der Waals surface area contributed by atoms with E-state index in [1.807, 2.05) is 26.0 Å². The molecule has 106 valence electrons. The number of nitrogens with zero attached hydrogens (tertiary/aromatic N) is 3. The van der Waals surface area contributed by atoms with Gasteiger partial charge in [-0.15, -0.1) is 10.2 Å². The molecular weight excluding hydrogens is 258 g/mol. The fourth-order valence-electron chi connectivity index (χ4n) is 1.90. The van der Waals surface area contributed by atoms with Crippen molar-refractivity contribution in [3.8, 4) is 0 Å². The average molecular weight is 275 g/mol. The van der Waals surface area contributed by atoms with Crippen molar-refractivity contribution in [3.63, 3.8) is 0 Å². The molecule has 2 amide bonds. The Hall–Kier alpha value is -2.48. The van der Waals surface area contributed by atoms with Crippen molar-refractivity contribution in [2.24, 2.45) is 5.73 Å². The fourth-order valence-corrected chi connectivity index (χ4v) is 1.90. The Labute approximate surface area is 116 Å². The number of nitrogens with one attached hydrogen (secondary N) is 3. The third-order valence-corrected chi connectivity index (χ3v) is 2.93. The minimum absolute atomic E-state index is 0.0211. The molecule has 0 bridgehead atoms. The first-order chi connectivity index (χ1) is 9.56. The van der Waals surface area contributed by atoms with Crippen LogP contribution in [0, 0.1) is 0 Å². The first kappa shape index (κ1) is 13.9. The molecule has 2 unspecified atom stereocenters. The molecule has 2 aromatic rings. The predicted octanol–water partition coefficient (Wildman–Crippen LogP) is 1.10. The number of primary amides is 1. The maximum Gasteiger partial charge on any atom is 0.316 e. The van der Waals surface area contributed by atoms with Gasteiger partial charge in [0.1, 0.15) is 0 Å². The molecule has 8 heteroatoms. The van der Waals surface area contributed by atoms with E-state index in [4.69, 9.17) is 5.73 Å². The van der Waals surface area contributed by atoms with Crippen molar-refractivity contribution in [3.05, 3.63) is 35.7 Å². The number of aromatic nitrogens is 4. The van der Waals surface area contributed by atoms with Crippen LogP contribution < -0.4 is 16.4 Å². The summed E-state index contributed by atoms with van der Waals surface area (Å²) in [6, 6.07) is 6.96. The lowest BCUT2D eigenvalue weighted by Gasteiger charge is -2.18. The highest BCUT2D eigenvalue weighted by Gasteiger charge is 2.14. The van der Waals surface area contributed by atoms with Gasteiger partial charge in [-0.2, -0.15) is 5.21 Å². The summed E-state index contributed by atoms with van der Waals surface area (Å²) < 4.78 is 0. The lowest BCUT2D eigenvalue weighted by atomic mass is 10.1. The smallest absolute Gasteiger partial charge is 0.316 e. The number of carbonyl (C=O) groups excluding carboxylic acids is 1. The van der Waals surface area contributed by atoms with Crippen LogP contribution in [0.4, 0.5) is 10.5 Å². The van der Waals surface area contributed by atoms with E-state index in [-0.39, 0.29) is 12.1 Å². The predicted molar refractivity (Wildman–Crippen MR) is 73.8 cm³/mol. The first-order valence-corrected chi connectivity index (χ1v) is 6.22. The van der Waals surface area contributed by atoms with Crippen molar-refractivity contribution in [1.82, 2.24) is 25.9 Å².